The Balaban J connectivity index is 2.18. The van der Waals surface area contributed by atoms with Gasteiger partial charge in [-0.3, -0.25) is 4.79 Å². The van der Waals surface area contributed by atoms with Crippen molar-refractivity contribution < 1.29 is 18.0 Å². The van der Waals surface area contributed by atoms with E-state index in [1.807, 2.05) is 11.4 Å². The molecule has 0 saturated heterocycles. The zero-order chi connectivity index (χ0) is 16.5. The molecule has 0 N–H and O–H groups in total. The number of carbonyl (C=O) groups is 1. The van der Waals surface area contributed by atoms with Crippen LogP contribution in [0.3, 0.4) is 0 Å². The number of hydrogen-bond donors (Lipinski definition) is 0. The fourth-order valence-corrected chi connectivity index (χ4v) is 3.40. The number of aryl methyl sites for hydroxylation is 1. The van der Waals surface area contributed by atoms with E-state index in [0.29, 0.717) is 6.54 Å². The van der Waals surface area contributed by atoms with Crippen LogP contribution in [-0.2, 0) is 12.7 Å². The van der Waals surface area contributed by atoms with Gasteiger partial charge in [-0.25, -0.2) is 4.98 Å². The maximum atomic E-state index is 12.6. The Kier molecular flexibility index (Phi) is 4.91. The summed E-state index contributed by atoms with van der Waals surface area (Å²) >= 11 is 4.83. The van der Waals surface area contributed by atoms with E-state index in [0.717, 1.165) is 15.4 Å². The summed E-state index contributed by atoms with van der Waals surface area (Å²) in [6.07, 6.45) is -4.51. The molecule has 0 spiro atoms. The van der Waals surface area contributed by atoms with E-state index >= 15 is 0 Å². The number of nitrogens with zero attached hydrogens (tertiary/aromatic N) is 2. The molecular formula is C14H12BrF3N2OS. The highest BCUT2D eigenvalue weighted by molar-refractivity contribution is 9.10. The third-order valence-electron chi connectivity index (χ3n) is 2.97. The standard InChI is InChI=1S/C14H12BrF3N2OS/c1-8-11(3-4-12(19-8)14(16,17)18)13(21)20(2)6-10-5-9(15)7-22-10/h3-5,7H,6H2,1-2H3. The molecule has 22 heavy (non-hydrogen) atoms. The van der Waals surface area contributed by atoms with E-state index in [1.165, 1.54) is 29.2 Å². The van der Waals surface area contributed by atoms with Crippen molar-refractivity contribution in [1.82, 2.24) is 9.88 Å². The third-order valence-corrected chi connectivity index (χ3v) is 4.65. The molecule has 0 saturated carbocycles. The normalized spacial score (nSPS) is 11.5. The lowest BCUT2D eigenvalue weighted by Crippen LogP contribution is -2.27. The van der Waals surface area contributed by atoms with Gasteiger partial charge < -0.3 is 4.90 Å². The Bertz CT molecular complexity index is 700. The monoisotopic (exact) mass is 392 g/mol. The fraction of sp³-hybridized carbons (Fsp3) is 0.286. The van der Waals surface area contributed by atoms with Crippen LogP contribution in [0.1, 0.15) is 26.6 Å². The number of hydrogen-bond acceptors (Lipinski definition) is 3. The fourth-order valence-electron chi connectivity index (χ4n) is 1.89. The largest absolute Gasteiger partial charge is 0.433 e. The van der Waals surface area contributed by atoms with Gasteiger partial charge in [0.25, 0.3) is 5.91 Å². The van der Waals surface area contributed by atoms with Gasteiger partial charge >= 0.3 is 6.18 Å². The molecule has 2 aromatic heterocycles. The smallest absolute Gasteiger partial charge is 0.337 e. The maximum Gasteiger partial charge on any atom is 0.433 e. The van der Waals surface area contributed by atoms with Crippen molar-refractivity contribution in [2.24, 2.45) is 0 Å². The van der Waals surface area contributed by atoms with Gasteiger partial charge in [0.15, 0.2) is 0 Å². The number of alkyl halides is 3. The summed E-state index contributed by atoms with van der Waals surface area (Å²) in [7, 11) is 1.60. The van der Waals surface area contributed by atoms with Crippen molar-refractivity contribution in [3.05, 3.63) is 49.9 Å². The summed E-state index contributed by atoms with van der Waals surface area (Å²) in [6.45, 7) is 1.79. The van der Waals surface area contributed by atoms with Gasteiger partial charge in [0, 0.05) is 21.8 Å². The van der Waals surface area contributed by atoms with Crippen molar-refractivity contribution in [2.75, 3.05) is 7.05 Å². The number of aromatic nitrogens is 1. The van der Waals surface area contributed by atoms with Crippen LogP contribution in [0.15, 0.2) is 28.1 Å². The second kappa shape index (κ2) is 6.37. The Hall–Kier alpha value is -1.41. The van der Waals surface area contributed by atoms with E-state index in [9.17, 15) is 18.0 Å². The minimum atomic E-state index is -4.51. The highest BCUT2D eigenvalue weighted by Gasteiger charge is 2.33. The van der Waals surface area contributed by atoms with Gasteiger partial charge in [-0.2, -0.15) is 13.2 Å². The Labute approximate surface area is 137 Å². The van der Waals surface area contributed by atoms with Gasteiger partial charge in [0.2, 0.25) is 0 Å². The molecule has 0 atom stereocenters. The first kappa shape index (κ1) is 17.0. The summed E-state index contributed by atoms with van der Waals surface area (Å²) in [5.41, 5.74) is -0.753. The number of carbonyl (C=O) groups excluding carboxylic acids is 1. The SMILES string of the molecule is Cc1nc(C(F)(F)F)ccc1C(=O)N(C)Cc1cc(Br)cs1. The Morgan fingerprint density at radius 2 is 2.09 bits per heavy atom. The van der Waals surface area contributed by atoms with Crippen LogP contribution >= 0.6 is 27.3 Å². The van der Waals surface area contributed by atoms with Crippen LogP contribution in [-0.4, -0.2) is 22.8 Å². The number of thiophene rings is 1. The first-order valence-corrected chi connectivity index (χ1v) is 7.89. The second-order valence-corrected chi connectivity index (χ2v) is 6.63. The zero-order valence-corrected chi connectivity index (χ0v) is 14.1. The average Bonchev–Trinajstić information content (AvgIpc) is 2.82. The highest BCUT2D eigenvalue weighted by atomic mass is 79.9. The minimum absolute atomic E-state index is 0.0686. The molecule has 118 valence electrons. The van der Waals surface area contributed by atoms with Gasteiger partial charge in [-0.1, -0.05) is 0 Å². The lowest BCUT2D eigenvalue weighted by atomic mass is 10.1. The molecule has 0 bridgehead atoms. The van der Waals surface area contributed by atoms with Gasteiger partial charge in [-0.15, -0.1) is 11.3 Å². The van der Waals surface area contributed by atoms with Crippen molar-refractivity contribution in [2.45, 2.75) is 19.6 Å². The van der Waals surface area contributed by atoms with Crippen molar-refractivity contribution in [3.8, 4) is 0 Å². The highest BCUT2D eigenvalue weighted by Crippen LogP contribution is 2.28. The topological polar surface area (TPSA) is 33.2 Å². The number of halogens is 4. The predicted octanol–water partition coefficient (Wildman–Crippen LogP) is 4.51. The number of amides is 1. The molecule has 2 rings (SSSR count). The van der Waals surface area contributed by atoms with E-state index in [4.69, 9.17) is 0 Å². The molecule has 0 aliphatic carbocycles. The van der Waals surface area contributed by atoms with E-state index < -0.39 is 11.9 Å². The number of rotatable bonds is 3. The van der Waals surface area contributed by atoms with Gasteiger partial charge in [0.1, 0.15) is 5.69 Å². The maximum absolute atomic E-state index is 12.6. The molecule has 2 aromatic rings. The molecular weight excluding hydrogens is 381 g/mol. The summed E-state index contributed by atoms with van der Waals surface area (Å²) in [5.74, 6) is -0.358. The first-order chi connectivity index (χ1) is 10.2. The molecule has 0 unspecified atom stereocenters. The van der Waals surface area contributed by atoms with E-state index in [-0.39, 0.29) is 17.2 Å². The molecule has 3 nitrogen and oxygen atoms in total. The van der Waals surface area contributed by atoms with Gasteiger partial charge in [-0.05, 0) is 41.1 Å². The average molecular weight is 393 g/mol. The summed E-state index contributed by atoms with van der Waals surface area (Å²) in [6, 6.07) is 3.90. The molecule has 0 aromatic carbocycles. The molecule has 2 heterocycles. The Morgan fingerprint density at radius 1 is 1.41 bits per heavy atom. The van der Waals surface area contributed by atoms with Crippen molar-refractivity contribution in [1.29, 1.82) is 0 Å². The summed E-state index contributed by atoms with van der Waals surface area (Å²) in [4.78, 5) is 18.2. The molecule has 1 amide bonds. The molecule has 0 aliphatic rings. The second-order valence-electron chi connectivity index (χ2n) is 4.72. The van der Waals surface area contributed by atoms with Crippen LogP contribution in [0.4, 0.5) is 13.2 Å². The molecule has 0 aliphatic heterocycles. The van der Waals surface area contributed by atoms with Crippen LogP contribution < -0.4 is 0 Å². The quantitative estimate of drug-likeness (QED) is 0.769. The molecule has 0 radical (unpaired) electrons. The zero-order valence-electron chi connectivity index (χ0n) is 11.7. The van der Waals surface area contributed by atoms with E-state index in [2.05, 4.69) is 20.9 Å². The number of pyridine rings is 1. The van der Waals surface area contributed by atoms with Crippen LogP contribution in [0.5, 0.6) is 0 Å². The van der Waals surface area contributed by atoms with Gasteiger partial charge in [0.05, 0.1) is 17.8 Å². The Morgan fingerprint density at radius 3 is 2.59 bits per heavy atom. The summed E-state index contributed by atoms with van der Waals surface area (Å²) in [5, 5.41) is 1.90. The lowest BCUT2D eigenvalue weighted by molar-refractivity contribution is -0.141. The van der Waals surface area contributed by atoms with Crippen molar-refractivity contribution in [3.63, 3.8) is 0 Å². The first-order valence-electron chi connectivity index (χ1n) is 6.21. The summed E-state index contributed by atoms with van der Waals surface area (Å²) < 4.78 is 38.7. The van der Waals surface area contributed by atoms with E-state index in [1.54, 1.807) is 7.05 Å². The van der Waals surface area contributed by atoms with Crippen LogP contribution in [0, 0.1) is 6.92 Å². The van der Waals surface area contributed by atoms with Crippen molar-refractivity contribution >= 4 is 33.2 Å². The molecule has 0 fully saturated rings. The minimum Gasteiger partial charge on any atom is -0.337 e. The predicted molar refractivity (Wildman–Crippen MR) is 81.8 cm³/mol. The third kappa shape index (κ3) is 3.86. The molecule has 8 heteroatoms. The van der Waals surface area contributed by atoms with Crippen LogP contribution in [0.2, 0.25) is 0 Å². The lowest BCUT2D eigenvalue weighted by Gasteiger charge is -2.18. The van der Waals surface area contributed by atoms with Crippen LogP contribution in [0.25, 0.3) is 0 Å².